The molecule has 1 aliphatic carbocycles. The van der Waals surface area contributed by atoms with Crippen molar-refractivity contribution in [2.45, 2.75) is 37.9 Å². The standard InChI is InChI=1S/C24H27Cl2N5O2/c25-18-12-20(26)23(27-13-18)30-9-7-29(8-10-30)22(32)15-31-14-17-4-2-1-3-16(17)11-21(31)24(33)28-19-5-6-19/h1-4,12-13,19,21H,5-11,14-15H2,(H,28,33)/t21-/m0/s1. The fourth-order valence-corrected chi connectivity index (χ4v) is 5.11. The highest BCUT2D eigenvalue weighted by Gasteiger charge is 2.36. The van der Waals surface area contributed by atoms with Gasteiger partial charge < -0.3 is 15.1 Å². The number of carbonyl (C=O) groups excluding carboxylic acids is 2. The first kappa shape index (κ1) is 22.4. The van der Waals surface area contributed by atoms with E-state index in [1.54, 1.807) is 12.3 Å². The second-order valence-corrected chi connectivity index (χ2v) is 9.85. The van der Waals surface area contributed by atoms with E-state index in [9.17, 15) is 9.59 Å². The first-order chi connectivity index (χ1) is 16.0. The second-order valence-electron chi connectivity index (χ2n) is 9.00. The zero-order valence-corrected chi connectivity index (χ0v) is 19.9. The molecule has 0 bridgehead atoms. The minimum atomic E-state index is -0.317. The normalized spacial score (nSPS) is 21.0. The number of aromatic nitrogens is 1. The molecule has 2 aromatic rings. The van der Waals surface area contributed by atoms with Crippen LogP contribution < -0.4 is 10.2 Å². The lowest BCUT2D eigenvalue weighted by Crippen LogP contribution is -2.56. The van der Waals surface area contributed by atoms with E-state index in [1.165, 1.54) is 11.1 Å². The average Bonchev–Trinajstić information content (AvgIpc) is 3.63. The molecule has 0 radical (unpaired) electrons. The molecule has 1 aromatic carbocycles. The predicted octanol–water partition coefficient (Wildman–Crippen LogP) is 2.74. The third-order valence-corrected chi connectivity index (χ3v) is 7.12. The summed E-state index contributed by atoms with van der Waals surface area (Å²) in [6, 6.07) is 9.86. The van der Waals surface area contributed by atoms with Crippen LogP contribution in [0.25, 0.3) is 0 Å². The first-order valence-corrected chi connectivity index (χ1v) is 12.2. The summed E-state index contributed by atoms with van der Waals surface area (Å²) in [5, 5.41) is 4.14. The summed E-state index contributed by atoms with van der Waals surface area (Å²) in [5.74, 6) is 0.777. The summed E-state index contributed by atoms with van der Waals surface area (Å²) in [6.07, 6.45) is 4.31. The predicted molar refractivity (Wildman–Crippen MR) is 129 cm³/mol. The molecule has 9 heteroatoms. The number of amides is 2. The number of anilines is 1. The van der Waals surface area contributed by atoms with Crippen LogP contribution in [-0.4, -0.2) is 71.4 Å². The molecular weight excluding hydrogens is 461 g/mol. The number of hydrogen-bond acceptors (Lipinski definition) is 5. The smallest absolute Gasteiger partial charge is 0.237 e. The third kappa shape index (κ3) is 5.10. The van der Waals surface area contributed by atoms with Crippen LogP contribution in [0, 0.1) is 0 Å². The molecule has 2 aliphatic heterocycles. The molecule has 1 N–H and O–H groups in total. The number of carbonyl (C=O) groups is 2. The monoisotopic (exact) mass is 487 g/mol. The molecule has 3 aliphatic rings. The van der Waals surface area contributed by atoms with E-state index < -0.39 is 0 Å². The van der Waals surface area contributed by atoms with Gasteiger partial charge in [-0.1, -0.05) is 47.5 Å². The SMILES string of the molecule is O=C(NC1CC1)[C@@H]1Cc2ccccc2CN1CC(=O)N1CCN(c2ncc(Cl)cc2Cl)CC1. The van der Waals surface area contributed by atoms with Crippen LogP contribution in [0.5, 0.6) is 0 Å². The van der Waals surface area contributed by atoms with Crippen molar-refractivity contribution in [1.29, 1.82) is 0 Å². The summed E-state index contributed by atoms with van der Waals surface area (Å²) in [4.78, 5) is 36.5. The van der Waals surface area contributed by atoms with Gasteiger partial charge in [0.2, 0.25) is 11.8 Å². The van der Waals surface area contributed by atoms with Crippen molar-refractivity contribution in [3.63, 3.8) is 0 Å². The van der Waals surface area contributed by atoms with Crippen molar-refractivity contribution in [2.24, 2.45) is 0 Å². The summed E-state index contributed by atoms with van der Waals surface area (Å²) in [5.41, 5.74) is 2.38. The van der Waals surface area contributed by atoms with Crippen LogP contribution in [0.15, 0.2) is 36.5 Å². The first-order valence-electron chi connectivity index (χ1n) is 11.4. The van der Waals surface area contributed by atoms with Crippen molar-refractivity contribution in [3.05, 3.63) is 57.7 Å². The van der Waals surface area contributed by atoms with E-state index in [2.05, 4.69) is 27.3 Å². The largest absolute Gasteiger partial charge is 0.352 e. The molecule has 2 amide bonds. The van der Waals surface area contributed by atoms with Crippen LogP contribution in [0.3, 0.4) is 0 Å². The Morgan fingerprint density at radius 3 is 2.48 bits per heavy atom. The number of fused-ring (bicyclic) bond motifs is 1. The number of halogens is 2. The third-order valence-electron chi connectivity index (χ3n) is 6.63. The minimum Gasteiger partial charge on any atom is -0.352 e. The van der Waals surface area contributed by atoms with E-state index >= 15 is 0 Å². The molecule has 3 heterocycles. The van der Waals surface area contributed by atoms with Gasteiger partial charge >= 0.3 is 0 Å². The van der Waals surface area contributed by atoms with Crippen LogP contribution in [0.1, 0.15) is 24.0 Å². The quantitative estimate of drug-likeness (QED) is 0.701. The van der Waals surface area contributed by atoms with Gasteiger partial charge in [-0.2, -0.15) is 0 Å². The number of hydrogen-bond donors (Lipinski definition) is 1. The molecule has 1 atom stereocenters. The van der Waals surface area contributed by atoms with Crippen LogP contribution in [0.4, 0.5) is 5.82 Å². The number of benzene rings is 1. The van der Waals surface area contributed by atoms with E-state index in [-0.39, 0.29) is 24.4 Å². The second kappa shape index (κ2) is 9.49. The molecule has 0 spiro atoms. The van der Waals surface area contributed by atoms with Crippen LogP contribution >= 0.6 is 23.2 Å². The molecule has 174 valence electrons. The van der Waals surface area contributed by atoms with Crippen molar-refractivity contribution >= 4 is 40.8 Å². The van der Waals surface area contributed by atoms with Gasteiger partial charge in [-0.3, -0.25) is 14.5 Å². The molecule has 1 saturated carbocycles. The zero-order valence-electron chi connectivity index (χ0n) is 18.3. The fraction of sp³-hybridized carbons (Fsp3) is 0.458. The van der Waals surface area contributed by atoms with E-state index in [0.717, 1.165) is 12.8 Å². The molecule has 5 rings (SSSR count). The summed E-state index contributed by atoms with van der Waals surface area (Å²) >= 11 is 12.3. The Morgan fingerprint density at radius 2 is 1.79 bits per heavy atom. The highest BCUT2D eigenvalue weighted by atomic mass is 35.5. The van der Waals surface area contributed by atoms with E-state index in [4.69, 9.17) is 23.2 Å². The molecule has 33 heavy (non-hydrogen) atoms. The van der Waals surface area contributed by atoms with Gasteiger partial charge in [-0.15, -0.1) is 0 Å². The van der Waals surface area contributed by atoms with Gasteiger partial charge in [0.05, 0.1) is 22.6 Å². The Hall–Kier alpha value is -2.35. The highest BCUT2D eigenvalue weighted by Crippen LogP contribution is 2.28. The van der Waals surface area contributed by atoms with E-state index in [0.29, 0.717) is 61.0 Å². The molecule has 2 fully saturated rings. The molecule has 1 saturated heterocycles. The molecule has 0 unspecified atom stereocenters. The Kier molecular flexibility index (Phi) is 6.45. The zero-order chi connectivity index (χ0) is 22.9. The Bertz CT molecular complexity index is 1050. The van der Waals surface area contributed by atoms with Gasteiger partial charge in [0.15, 0.2) is 0 Å². The summed E-state index contributed by atoms with van der Waals surface area (Å²) in [7, 11) is 0. The highest BCUT2D eigenvalue weighted by molar-refractivity contribution is 6.36. The number of pyridine rings is 1. The average molecular weight is 488 g/mol. The number of nitrogens with one attached hydrogen (secondary N) is 1. The van der Waals surface area contributed by atoms with Crippen molar-refractivity contribution in [3.8, 4) is 0 Å². The maximum Gasteiger partial charge on any atom is 0.237 e. The van der Waals surface area contributed by atoms with Gasteiger partial charge in [0.1, 0.15) is 5.82 Å². The van der Waals surface area contributed by atoms with Crippen LogP contribution in [-0.2, 0) is 22.6 Å². The molecule has 1 aromatic heterocycles. The number of nitrogens with zero attached hydrogens (tertiary/aromatic N) is 4. The van der Waals surface area contributed by atoms with Crippen LogP contribution in [0.2, 0.25) is 10.0 Å². The lowest BCUT2D eigenvalue weighted by Gasteiger charge is -2.39. The molecular formula is C24H27Cl2N5O2. The minimum absolute atomic E-state index is 0.0353. The fourth-order valence-electron chi connectivity index (χ4n) is 4.61. The van der Waals surface area contributed by atoms with E-state index in [1.807, 2.05) is 21.9 Å². The van der Waals surface area contributed by atoms with Gasteiger partial charge in [-0.05, 0) is 36.5 Å². The maximum atomic E-state index is 13.2. The van der Waals surface area contributed by atoms with Gasteiger partial charge in [-0.25, -0.2) is 4.98 Å². The van der Waals surface area contributed by atoms with Gasteiger partial charge in [0.25, 0.3) is 0 Å². The Balaban J connectivity index is 1.23. The topological polar surface area (TPSA) is 68.8 Å². The lowest BCUT2D eigenvalue weighted by atomic mass is 9.93. The van der Waals surface area contributed by atoms with Crippen molar-refractivity contribution in [1.82, 2.24) is 20.1 Å². The lowest BCUT2D eigenvalue weighted by molar-refractivity contribution is -0.135. The number of piperazine rings is 1. The maximum absolute atomic E-state index is 13.2. The van der Waals surface area contributed by atoms with Crippen molar-refractivity contribution in [2.75, 3.05) is 37.6 Å². The Labute approximate surface area is 203 Å². The number of rotatable bonds is 5. The van der Waals surface area contributed by atoms with Gasteiger partial charge in [0, 0.05) is 45.0 Å². The summed E-state index contributed by atoms with van der Waals surface area (Å²) < 4.78 is 0. The van der Waals surface area contributed by atoms with Crippen molar-refractivity contribution < 1.29 is 9.59 Å². The summed E-state index contributed by atoms with van der Waals surface area (Å²) in [6.45, 7) is 3.31. The Morgan fingerprint density at radius 1 is 1.06 bits per heavy atom. The molecule has 7 nitrogen and oxygen atoms in total.